The average Bonchev–Trinajstić information content (AvgIpc) is 2.73. The van der Waals surface area contributed by atoms with Gasteiger partial charge in [0.1, 0.15) is 0 Å². The third-order valence-electron chi connectivity index (χ3n) is 6.12. The number of rotatable bonds is 8. The molecule has 1 saturated carbocycles. The first-order chi connectivity index (χ1) is 15.7. The Morgan fingerprint density at radius 3 is 2.32 bits per heavy atom. The van der Waals surface area contributed by atoms with Crippen LogP contribution < -0.4 is 0 Å². The molecule has 0 spiro atoms. The van der Waals surface area contributed by atoms with E-state index in [2.05, 4.69) is 6.58 Å². The van der Waals surface area contributed by atoms with Crippen molar-refractivity contribution >= 4 is 5.57 Å². The quantitative estimate of drug-likeness (QED) is 0.306. The van der Waals surface area contributed by atoms with Crippen LogP contribution in [-0.2, 0) is 6.42 Å². The Balaban J connectivity index is 1.95. The zero-order valence-corrected chi connectivity index (χ0v) is 18.9. The zero-order valence-electron chi connectivity index (χ0n) is 18.9. The van der Waals surface area contributed by atoms with Gasteiger partial charge in [-0.2, -0.15) is 26.3 Å². The van der Waals surface area contributed by atoms with E-state index in [-0.39, 0.29) is 12.8 Å². The lowest BCUT2D eigenvalue weighted by Gasteiger charge is -2.32. The van der Waals surface area contributed by atoms with Crippen LogP contribution in [-0.4, -0.2) is 45.5 Å². The molecular weight excluding hydrogens is 462 g/mol. The van der Waals surface area contributed by atoms with Gasteiger partial charge in [-0.25, -0.2) is 0 Å². The maximum Gasteiger partial charge on any atom is 0.426 e. The number of aryl methyl sites for hydroxylation is 1. The van der Waals surface area contributed by atoms with Crippen LogP contribution in [0.3, 0.4) is 0 Å². The number of hydrogen-bond acceptors (Lipinski definition) is 3. The summed E-state index contributed by atoms with van der Waals surface area (Å²) in [6.07, 6.45) is -9.56. The lowest BCUT2D eigenvalue weighted by atomic mass is 9.86. The summed E-state index contributed by atoms with van der Waals surface area (Å²) in [7, 11) is 0. The second-order valence-corrected chi connectivity index (χ2v) is 8.79. The van der Waals surface area contributed by atoms with Crippen LogP contribution in [0.25, 0.3) is 5.57 Å². The highest BCUT2D eigenvalue weighted by atomic mass is 19.4. The molecule has 0 saturated heterocycles. The Morgan fingerprint density at radius 1 is 1.06 bits per heavy atom. The first kappa shape index (κ1) is 28.1. The van der Waals surface area contributed by atoms with Gasteiger partial charge in [0.2, 0.25) is 0 Å². The summed E-state index contributed by atoms with van der Waals surface area (Å²) in [5.41, 5.74) is -0.679. The summed E-state index contributed by atoms with van der Waals surface area (Å²) in [5, 5.41) is 29.0. The van der Waals surface area contributed by atoms with Crippen molar-refractivity contribution in [2.75, 3.05) is 0 Å². The molecule has 2 rings (SSSR count). The number of halogens is 6. The van der Waals surface area contributed by atoms with Gasteiger partial charge in [-0.15, -0.1) is 0 Å². The van der Waals surface area contributed by atoms with E-state index >= 15 is 0 Å². The topological polar surface area (TPSA) is 60.7 Å². The number of alkyl halides is 6. The summed E-state index contributed by atoms with van der Waals surface area (Å²) < 4.78 is 76.4. The average molecular weight is 492 g/mol. The van der Waals surface area contributed by atoms with Crippen LogP contribution in [0.2, 0.25) is 0 Å². The van der Waals surface area contributed by atoms with Crippen LogP contribution in [0.1, 0.15) is 56.6 Å². The SMILES string of the molecule is C=C1/C(=C\C=C(/C)c2cccc(CCCCCC(O)(C(F)(F)F)C(F)(F)F)c2)C[C@@H](O)C[C@@H]1O. The summed E-state index contributed by atoms with van der Waals surface area (Å²) in [5.74, 6) is 0. The molecule has 9 heteroatoms. The van der Waals surface area contributed by atoms with Crippen molar-refractivity contribution in [2.24, 2.45) is 0 Å². The van der Waals surface area contributed by atoms with E-state index in [1.54, 1.807) is 6.08 Å². The predicted molar refractivity (Wildman–Crippen MR) is 118 cm³/mol. The van der Waals surface area contributed by atoms with E-state index < -0.39 is 43.0 Å². The molecule has 1 aliphatic carbocycles. The van der Waals surface area contributed by atoms with Crippen molar-refractivity contribution in [1.29, 1.82) is 0 Å². The molecule has 3 N–H and O–H groups in total. The van der Waals surface area contributed by atoms with Gasteiger partial charge in [0.05, 0.1) is 12.2 Å². The lowest BCUT2D eigenvalue weighted by molar-refractivity contribution is -0.370. The van der Waals surface area contributed by atoms with E-state index in [4.69, 9.17) is 0 Å². The molecule has 1 aromatic carbocycles. The third-order valence-corrected chi connectivity index (χ3v) is 6.12. The highest BCUT2D eigenvalue weighted by Gasteiger charge is 2.69. The molecule has 0 unspecified atom stereocenters. The molecule has 0 amide bonds. The van der Waals surface area contributed by atoms with Gasteiger partial charge in [0, 0.05) is 6.42 Å². The Labute approximate surface area is 195 Å². The summed E-state index contributed by atoms with van der Waals surface area (Å²) in [6, 6.07) is 7.41. The van der Waals surface area contributed by atoms with Crippen molar-refractivity contribution in [2.45, 2.75) is 82.0 Å². The standard InChI is InChI=1S/C25H30F6O3/c1-16(10-11-20-14-21(32)15-22(33)17(20)2)19-9-6-8-18(13-19)7-4-3-5-12-23(34,24(26,27)28)25(29,30)31/h6,8-11,13,21-22,32-34H,2-5,7,12,14-15H2,1H3/b16-10+,20-11-/t21-,22+/m1/s1. The third kappa shape index (κ3) is 6.96. The van der Waals surface area contributed by atoms with Crippen molar-refractivity contribution in [3.63, 3.8) is 0 Å². The number of aliphatic hydroxyl groups is 3. The number of aliphatic hydroxyl groups excluding tert-OH is 2. The molecule has 1 fully saturated rings. The molecule has 0 radical (unpaired) electrons. The number of hydrogen-bond donors (Lipinski definition) is 3. The Kier molecular flexibility index (Phi) is 9.18. The minimum atomic E-state index is -5.78. The number of allylic oxidation sites excluding steroid dienone is 3. The largest absolute Gasteiger partial charge is 0.426 e. The van der Waals surface area contributed by atoms with Crippen LogP contribution in [0.4, 0.5) is 26.3 Å². The fourth-order valence-corrected chi connectivity index (χ4v) is 3.88. The van der Waals surface area contributed by atoms with E-state index in [0.717, 1.165) is 22.3 Å². The maximum atomic E-state index is 12.7. The highest BCUT2D eigenvalue weighted by molar-refractivity contribution is 5.66. The first-order valence-electron chi connectivity index (χ1n) is 11.0. The molecule has 1 aromatic rings. The van der Waals surface area contributed by atoms with Crippen molar-refractivity contribution < 1.29 is 41.7 Å². The van der Waals surface area contributed by atoms with Crippen LogP contribution >= 0.6 is 0 Å². The molecule has 0 heterocycles. The summed E-state index contributed by atoms with van der Waals surface area (Å²) in [4.78, 5) is 0. The second kappa shape index (κ2) is 11.1. The van der Waals surface area contributed by atoms with Gasteiger partial charge in [-0.05, 0) is 66.9 Å². The molecule has 3 nitrogen and oxygen atoms in total. The van der Waals surface area contributed by atoms with Crippen LogP contribution in [0, 0.1) is 0 Å². The maximum absolute atomic E-state index is 12.7. The summed E-state index contributed by atoms with van der Waals surface area (Å²) >= 11 is 0. The molecule has 34 heavy (non-hydrogen) atoms. The monoisotopic (exact) mass is 492 g/mol. The smallest absolute Gasteiger partial charge is 0.393 e. The number of unbranched alkanes of at least 4 members (excludes halogenated alkanes) is 2. The minimum absolute atomic E-state index is 0.104. The summed E-state index contributed by atoms with van der Waals surface area (Å²) in [6.45, 7) is 5.75. The van der Waals surface area contributed by atoms with Gasteiger partial charge in [0.15, 0.2) is 0 Å². The zero-order chi connectivity index (χ0) is 25.7. The van der Waals surface area contributed by atoms with E-state index in [9.17, 15) is 41.7 Å². The van der Waals surface area contributed by atoms with Gasteiger partial charge in [0.25, 0.3) is 5.60 Å². The van der Waals surface area contributed by atoms with E-state index in [0.29, 0.717) is 24.8 Å². The highest BCUT2D eigenvalue weighted by Crippen LogP contribution is 2.46. The van der Waals surface area contributed by atoms with Crippen molar-refractivity contribution in [3.8, 4) is 0 Å². The Morgan fingerprint density at radius 2 is 1.71 bits per heavy atom. The molecule has 1 aliphatic rings. The minimum Gasteiger partial charge on any atom is -0.393 e. The van der Waals surface area contributed by atoms with Crippen molar-refractivity contribution in [3.05, 3.63) is 65.3 Å². The molecular formula is C25H30F6O3. The lowest BCUT2D eigenvalue weighted by Crippen LogP contribution is -2.56. The first-order valence-corrected chi connectivity index (χ1v) is 11.0. The van der Waals surface area contributed by atoms with Gasteiger partial charge in [-0.1, -0.05) is 49.4 Å². The van der Waals surface area contributed by atoms with Crippen LogP contribution in [0.5, 0.6) is 0 Å². The van der Waals surface area contributed by atoms with Crippen LogP contribution in [0.15, 0.2) is 54.1 Å². The predicted octanol–water partition coefficient (Wildman–Crippen LogP) is 6.05. The normalized spacial score (nSPS) is 21.9. The van der Waals surface area contributed by atoms with Gasteiger partial charge >= 0.3 is 12.4 Å². The molecule has 190 valence electrons. The van der Waals surface area contributed by atoms with Crippen molar-refractivity contribution in [1.82, 2.24) is 0 Å². The molecule has 0 bridgehead atoms. The number of benzene rings is 1. The fraction of sp³-hybridized carbons (Fsp3) is 0.520. The fourth-order valence-electron chi connectivity index (χ4n) is 3.88. The Hall–Kier alpha value is -2.10. The molecule has 0 aliphatic heterocycles. The van der Waals surface area contributed by atoms with E-state index in [1.165, 1.54) is 0 Å². The molecule has 2 atom stereocenters. The second-order valence-electron chi connectivity index (χ2n) is 8.79. The van der Waals surface area contributed by atoms with Gasteiger partial charge < -0.3 is 15.3 Å². The van der Waals surface area contributed by atoms with Gasteiger partial charge in [-0.3, -0.25) is 0 Å². The molecule has 0 aromatic heterocycles. The Bertz CT molecular complexity index is 900. The van der Waals surface area contributed by atoms with E-state index in [1.807, 2.05) is 37.3 Å².